The molecule has 0 aliphatic carbocycles. The topological polar surface area (TPSA) is 40.6 Å². The molecule has 1 aromatic carbocycles. The molecule has 4 nitrogen and oxygen atoms in total. The lowest BCUT2D eigenvalue weighted by atomic mass is 10.0. The second-order valence-corrected chi connectivity index (χ2v) is 5.70. The maximum Gasteiger partial charge on any atom is 0.245 e. The summed E-state index contributed by atoms with van der Waals surface area (Å²) in [5, 5.41) is 0. The lowest BCUT2D eigenvalue weighted by Crippen LogP contribution is -2.49. The number of piperidine rings is 1. The number of rotatable bonds is 2. The molecule has 0 aromatic heterocycles. The van der Waals surface area contributed by atoms with Gasteiger partial charge in [0.15, 0.2) is 0 Å². The van der Waals surface area contributed by atoms with Crippen LogP contribution < -0.4 is 0 Å². The molecule has 21 heavy (non-hydrogen) atoms. The molecule has 2 amide bonds. The Balaban J connectivity index is 1.81. The molecule has 0 spiro atoms. The highest BCUT2D eigenvalue weighted by Gasteiger charge is 2.37. The minimum atomic E-state index is -0.347. The van der Waals surface area contributed by atoms with Crippen molar-refractivity contribution in [1.82, 2.24) is 9.80 Å². The molecule has 2 heterocycles. The van der Waals surface area contributed by atoms with Gasteiger partial charge in [-0.25, -0.2) is 4.39 Å². The van der Waals surface area contributed by atoms with Crippen LogP contribution in [0.3, 0.4) is 0 Å². The Hall–Kier alpha value is -1.91. The van der Waals surface area contributed by atoms with Crippen molar-refractivity contribution in [3.05, 3.63) is 35.6 Å². The SMILES string of the molecule is O=C1C2CCCCN2C(=O)CCN1Cc1ccccc1F. The summed E-state index contributed by atoms with van der Waals surface area (Å²) in [6.07, 6.45) is 2.98. The second kappa shape index (κ2) is 5.84. The van der Waals surface area contributed by atoms with Gasteiger partial charge < -0.3 is 9.80 Å². The van der Waals surface area contributed by atoms with Crippen molar-refractivity contribution in [3.63, 3.8) is 0 Å². The van der Waals surface area contributed by atoms with E-state index in [4.69, 9.17) is 0 Å². The van der Waals surface area contributed by atoms with Crippen LogP contribution in [0.5, 0.6) is 0 Å². The molecular formula is C16H19FN2O2. The highest BCUT2D eigenvalue weighted by molar-refractivity contribution is 5.90. The summed E-state index contributed by atoms with van der Waals surface area (Å²) in [5.41, 5.74) is 0.502. The van der Waals surface area contributed by atoms with Crippen LogP contribution >= 0.6 is 0 Å². The predicted octanol–water partition coefficient (Wildman–Crippen LogP) is 1.94. The van der Waals surface area contributed by atoms with Gasteiger partial charge in [0.05, 0.1) is 0 Å². The highest BCUT2D eigenvalue weighted by atomic mass is 19.1. The number of halogens is 1. The lowest BCUT2D eigenvalue weighted by molar-refractivity contribution is -0.143. The van der Waals surface area contributed by atoms with Gasteiger partial charge in [-0.1, -0.05) is 18.2 Å². The van der Waals surface area contributed by atoms with Crippen LogP contribution in [0.15, 0.2) is 24.3 Å². The zero-order valence-electron chi connectivity index (χ0n) is 11.9. The first-order chi connectivity index (χ1) is 10.2. The molecule has 112 valence electrons. The van der Waals surface area contributed by atoms with Gasteiger partial charge in [0, 0.05) is 31.6 Å². The summed E-state index contributed by atoms with van der Waals surface area (Å²) in [4.78, 5) is 28.1. The third-order valence-corrected chi connectivity index (χ3v) is 4.33. The fourth-order valence-corrected chi connectivity index (χ4v) is 3.17. The minimum Gasteiger partial charge on any atom is -0.336 e. The van der Waals surface area contributed by atoms with Crippen LogP contribution in [0.4, 0.5) is 4.39 Å². The zero-order valence-corrected chi connectivity index (χ0v) is 11.9. The van der Waals surface area contributed by atoms with Gasteiger partial charge in [0.2, 0.25) is 11.8 Å². The molecule has 0 bridgehead atoms. The molecule has 2 aliphatic rings. The Bertz CT molecular complexity index is 561. The summed E-state index contributed by atoms with van der Waals surface area (Å²) in [7, 11) is 0. The van der Waals surface area contributed by atoms with Crippen molar-refractivity contribution in [2.24, 2.45) is 0 Å². The fourth-order valence-electron chi connectivity index (χ4n) is 3.17. The van der Waals surface area contributed by atoms with Crippen LogP contribution in [0.25, 0.3) is 0 Å². The van der Waals surface area contributed by atoms with Gasteiger partial charge in [0.1, 0.15) is 11.9 Å². The minimum absolute atomic E-state index is 0.0381. The van der Waals surface area contributed by atoms with Gasteiger partial charge >= 0.3 is 0 Å². The number of hydrogen-bond donors (Lipinski definition) is 0. The molecular weight excluding hydrogens is 271 g/mol. The normalized spacial score (nSPS) is 23.0. The number of hydrogen-bond acceptors (Lipinski definition) is 2. The molecule has 2 saturated heterocycles. The fraction of sp³-hybridized carbons (Fsp3) is 0.500. The van der Waals surface area contributed by atoms with E-state index in [2.05, 4.69) is 0 Å². The van der Waals surface area contributed by atoms with E-state index in [1.54, 1.807) is 28.0 Å². The van der Waals surface area contributed by atoms with Crippen LogP contribution in [0.2, 0.25) is 0 Å². The maximum absolute atomic E-state index is 13.8. The van der Waals surface area contributed by atoms with Crippen molar-refractivity contribution in [2.45, 2.75) is 38.3 Å². The molecule has 0 N–H and O–H groups in total. The van der Waals surface area contributed by atoms with Crippen molar-refractivity contribution in [1.29, 1.82) is 0 Å². The lowest BCUT2D eigenvalue weighted by Gasteiger charge is -2.34. The summed E-state index contributed by atoms with van der Waals surface area (Å²) in [6.45, 7) is 1.28. The molecule has 3 rings (SSSR count). The first-order valence-corrected chi connectivity index (χ1v) is 7.48. The van der Waals surface area contributed by atoms with E-state index >= 15 is 0 Å². The number of amides is 2. The summed E-state index contributed by atoms with van der Waals surface area (Å²) < 4.78 is 13.8. The van der Waals surface area contributed by atoms with Crippen molar-refractivity contribution >= 4 is 11.8 Å². The van der Waals surface area contributed by atoms with Gasteiger partial charge in [-0.15, -0.1) is 0 Å². The molecule has 2 fully saturated rings. The third kappa shape index (κ3) is 2.77. The van der Waals surface area contributed by atoms with Crippen LogP contribution in [-0.4, -0.2) is 40.7 Å². The molecule has 1 aromatic rings. The first kappa shape index (κ1) is 14.0. The number of fused-ring (bicyclic) bond motifs is 1. The first-order valence-electron chi connectivity index (χ1n) is 7.48. The second-order valence-electron chi connectivity index (χ2n) is 5.70. The van der Waals surface area contributed by atoms with E-state index < -0.39 is 0 Å². The maximum atomic E-state index is 13.8. The Morgan fingerprint density at radius 1 is 1.14 bits per heavy atom. The molecule has 2 aliphatic heterocycles. The van der Waals surface area contributed by atoms with Gasteiger partial charge in [-0.2, -0.15) is 0 Å². The summed E-state index contributed by atoms with van der Waals surface area (Å²) in [6, 6.07) is 6.14. The third-order valence-electron chi connectivity index (χ3n) is 4.33. The number of carbonyl (C=O) groups excluding carboxylic acids is 2. The number of benzene rings is 1. The van der Waals surface area contributed by atoms with E-state index in [0.717, 1.165) is 19.3 Å². The summed E-state index contributed by atoms with van der Waals surface area (Å²) in [5.74, 6) is -0.297. The molecule has 0 saturated carbocycles. The largest absolute Gasteiger partial charge is 0.336 e. The summed E-state index contributed by atoms with van der Waals surface area (Å²) >= 11 is 0. The Morgan fingerprint density at radius 2 is 1.95 bits per heavy atom. The van der Waals surface area contributed by atoms with Crippen LogP contribution in [0, 0.1) is 5.82 Å². The molecule has 0 radical (unpaired) electrons. The van der Waals surface area contributed by atoms with Crippen LogP contribution in [0.1, 0.15) is 31.2 Å². The van der Waals surface area contributed by atoms with Gasteiger partial charge in [-0.05, 0) is 25.3 Å². The number of carbonyl (C=O) groups is 2. The van der Waals surface area contributed by atoms with Crippen molar-refractivity contribution < 1.29 is 14.0 Å². The highest BCUT2D eigenvalue weighted by Crippen LogP contribution is 2.24. The van der Waals surface area contributed by atoms with Gasteiger partial charge in [-0.3, -0.25) is 9.59 Å². The smallest absolute Gasteiger partial charge is 0.245 e. The predicted molar refractivity (Wildman–Crippen MR) is 75.8 cm³/mol. The molecule has 5 heteroatoms. The molecule has 1 atom stereocenters. The van der Waals surface area contributed by atoms with E-state index in [9.17, 15) is 14.0 Å². The van der Waals surface area contributed by atoms with E-state index in [0.29, 0.717) is 25.1 Å². The average molecular weight is 290 g/mol. The Morgan fingerprint density at radius 3 is 2.76 bits per heavy atom. The van der Waals surface area contributed by atoms with Crippen molar-refractivity contribution in [3.8, 4) is 0 Å². The van der Waals surface area contributed by atoms with Gasteiger partial charge in [0.25, 0.3) is 0 Å². The Kier molecular flexibility index (Phi) is 3.90. The zero-order chi connectivity index (χ0) is 14.8. The average Bonchev–Trinajstić information content (AvgIpc) is 2.62. The van der Waals surface area contributed by atoms with E-state index in [-0.39, 0.29) is 30.2 Å². The van der Waals surface area contributed by atoms with Crippen molar-refractivity contribution in [2.75, 3.05) is 13.1 Å². The van der Waals surface area contributed by atoms with E-state index in [1.165, 1.54) is 6.07 Å². The monoisotopic (exact) mass is 290 g/mol. The Labute approximate surface area is 123 Å². The van der Waals surface area contributed by atoms with Crippen LogP contribution in [-0.2, 0) is 16.1 Å². The standard InChI is InChI=1S/C16H19FN2O2/c17-13-6-2-1-5-12(13)11-18-10-8-15(20)19-9-4-3-7-14(19)16(18)21/h1-2,5-6,14H,3-4,7-11H2. The van der Waals surface area contributed by atoms with E-state index in [1.807, 2.05) is 0 Å². The quantitative estimate of drug-likeness (QED) is 0.835. The number of nitrogens with zero attached hydrogens (tertiary/aromatic N) is 2. The molecule has 1 unspecified atom stereocenters.